The Labute approximate surface area is 193 Å². The number of aromatic amines is 1. The Bertz CT molecular complexity index is 1510. The summed E-state index contributed by atoms with van der Waals surface area (Å²) in [5, 5.41) is 4.18. The van der Waals surface area contributed by atoms with Crippen molar-refractivity contribution in [1.82, 2.24) is 19.9 Å². The van der Waals surface area contributed by atoms with Crippen molar-refractivity contribution in [3.63, 3.8) is 0 Å². The molecular formula is C25H22N4O3S. The van der Waals surface area contributed by atoms with Crippen LogP contribution in [-0.2, 0) is 11.3 Å². The van der Waals surface area contributed by atoms with E-state index >= 15 is 0 Å². The monoisotopic (exact) mass is 458 g/mol. The predicted molar refractivity (Wildman–Crippen MR) is 130 cm³/mol. The largest absolute Gasteiger partial charge is 0.467 e. The van der Waals surface area contributed by atoms with E-state index in [1.807, 2.05) is 50.2 Å². The molecule has 0 saturated carbocycles. The van der Waals surface area contributed by atoms with E-state index < -0.39 is 0 Å². The average Bonchev–Trinajstić information content (AvgIpc) is 3.44. The summed E-state index contributed by atoms with van der Waals surface area (Å²) in [7, 11) is 0. The Kier molecular flexibility index (Phi) is 5.51. The molecular weight excluding hydrogens is 436 g/mol. The van der Waals surface area contributed by atoms with Crippen molar-refractivity contribution >= 4 is 39.6 Å². The fraction of sp³-hybridized carbons (Fsp3) is 0.160. The lowest BCUT2D eigenvalue weighted by atomic mass is 10.1. The Morgan fingerprint density at radius 3 is 2.67 bits per heavy atom. The number of furan rings is 1. The maximum absolute atomic E-state index is 13.6. The molecule has 0 aliphatic rings. The van der Waals surface area contributed by atoms with Crippen LogP contribution in [0.2, 0.25) is 0 Å². The second-order valence-electron chi connectivity index (χ2n) is 7.92. The van der Waals surface area contributed by atoms with Crippen molar-refractivity contribution in [2.45, 2.75) is 25.5 Å². The van der Waals surface area contributed by atoms with E-state index in [0.717, 1.165) is 27.7 Å². The molecule has 8 heteroatoms. The first kappa shape index (κ1) is 21.1. The molecule has 7 nitrogen and oxygen atoms in total. The van der Waals surface area contributed by atoms with Gasteiger partial charge in [-0.2, -0.15) is 0 Å². The van der Waals surface area contributed by atoms with Crippen LogP contribution in [0, 0.1) is 13.8 Å². The van der Waals surface area contributed by atoms with E-state index in [1.54, 1.807) is 23.0 Å². The van der Waals surface area contributed by atoms with Crippen molar-refractivity contribution in [2.24, 2.45) is 0 Å². The zero-order chi connectivity index (χ0) is 22.9. The molecule has 0 aliphatic carbocycles. The van der Waals surface area contributed by atoms with Crippen LogP contribution in [0.5, 0.6) is 0 Å². The third-order valence-corrected chi connectivity index (χ3v) is 6.27. The third kappa shape index (κ3) is 4.17. The maximum Gasteiger partial charge on any atom is 0.283 e. The summed E-state index contributed by atoms with van der Waals surface area (Å²) in [6, 6.07) is 17.2. The summed E-state index contributed by atoms with van der Waals surface area (Å²) in [4.78, 5) is 34.2. The standard InChI is InChI=1S/C25H22N4O3S/c1-15-10-16(2)12-17(11-15)29-24(31)23-22(19-7-3-4-8-20(19)27-23)28-25(29)33-14-21(30)26-13-18-6-5-9-32-18/h3-12,27H,13-14H2,1-2H3,(H,26,30). The van der Waals surface area contributed by atoms with Crippen molar-refractivity contribution < 1.29 is 9.21 Å². The number of H-pyrrole nitrogens is 1. The number of benzene rings is 2. The molecule has 5 aromatic rings. The fourth-order valence-electron chi connectivity index (χ4n) is 3.93. The number of carbonyl (C=O) groups excluding carboxylic acids is 1. The number of nitrogens with zero attached hydrogens (tertiary/aromatic N) is 2. The smallest absolute Gasteiger partial charge is 0.283 e. The lowest BCUT2D eigenvalue weighted by Gasteiger charge is -2.13. The number of hydrogen-bond acceptors (Lipinski definition) is 5. The summed E-state index contributed by atoms with van der Waals surface area (Å²) < 4.78 is 6.84. The number of amides is 1. The lowest BCUT2D eigenvalue weighted by Crippen LogP contribution is -2.26. The van der Waals surface area contributed by atoms with Crippen LogP contribution in [-0.4, -0.2) is 26.2 Å². The zero-order valence-electron chi connectivity index (χ0n) is 18.2. The normalized spacial score (nSPS) is 11.3. The second kappa shape index (κ2) is 8.63. The topological polar surface area (TPSA) is 92.9 Å². The molecule has 0 spiro atoms. The van der Waals surface area contributed by atoms with Crippen LogP contribution >= 0.6 is 11.8 Å². The highest BCUT2D eigenvalue weighted by Gasteiger charge is 2.18. The molecule has 0 unspecified atom stereocenters. The molecule has 2 N–H and O–H groups in total. The molecule has 0 aliphatic heterocycles. The average molecular weight is 459 g/mol. The van der Waals surface area contributed by atoms with Gasteiger partial charge in [0.1, 0.15) is 16.8 Å². The van der Waals surface area contributed by atoms with Crippen molar-refractivity contribution in [3.8, 4) is 5.69 Å². The fourth-order valence-corrected chi connectivity index (χ4v) is 4.76. The van der Waals surface area contributed by atoms with Crippen LogP contribution in [0.15, 0.2) is 75.2 Å². The summed E-state index contributed by atoms with van der Waals surface area (Å²) >= 11 is 1.24. The number of rotatable bonds is 6. The summed E-state index contributed by atoms with van der Waals surface area (Å²) in [6.07, 6.45) is 1.57. The van der Waals surface area contributed by atoms with Gasteiger partial charge in [-0.25, -0.2) is 4.98 Å². The van der Waals surface area contributed by atoms with Gasteiger partial charge in [-0.15, -0.1) is 0 Å². The van der Waals surface area contributed by atoms with Gasteiger partial charge in [-0.05, 0) is 55.3 Å². The molecule has 0 bridgehead atoms. The van der Waals surface area contributed by atoms with Gasteiger partial charge in [-0.1, -0.05) is 36.0 Å². The van der Waals surface area contributed by atoms with Crippen LogP contribution in [0.25, 0.3) is 27.6 Å². The van der Waals surface area contributed by atoms with Crippen LogP contribution < -0.4 is 10.9 Å². The number of thioether (sulfide) groups is 1. The predicted octanol–water partition coefficient (Wildman–Crippen LogP) is 4.49. The second-order valence-corrected chi connectivity index (χ2v) is 8.86. The van der Waals surface area contributed by atoms with Gasteiger partial charge in [0.2, 0.25) is 5.91 Å². The summed E-state index contributed by atoms with van der Waals surface area (Å²) in [6.45, 7) is 4.29. The Hall–Kier alpha value is -3.78. The van der Waals surface area contributed by atoms with E-state index in [0.29, 0.717) is 28.5 Å². The molecule has 5 rings (SSSR count). The summed E-state index contributed by atoms with van der Waals surface area (Å²) in [5.74, 6) is 0.627. The zero-order valence-corrected chi connectivity index (χ0v) is 19.0. The first-order chi connectivity index (χ1) is 16.0. The SMILES string of the molecule is Cc1cc(C)cc(-n2c(SCC(=O)NCc3ccco3)nc3c([nH]c4ccccc43)c2=O)c1. The van der Waals surface area contributed by atoms with Crippen molar-refractivity contribution in [1.29, 1.82) is 0 Å². The maximum atomic E-state index is 13.6. The van der Waals surface area contributed by atoms with E-state index in [9.17, 15) is 9.59 Å². The molecule has 0 atom stereocenters. The van der Waals surface area contributed by atoms with Crippen LogP contribution in [0.3, 0.4) is 0 Å². The van der Waals surface area contributed by atoms with Gasteiger partial charge >= 0.3 is 0 Å². The number of para-hydroxylation sites is 1. The lowest BCUT2D eigenvalue weighted by molar-refractivity contribution is -0.118. The number of aryl methyl sites for hydroxylation is 2. The van der Waals surface area contributed by atoms with Gasteiger partial charge in [0.25, 0.3) is 5.56 Å². The third-order valence-electron chi connectivity index (χ3n) is 5.33. The Morgan fingerprint density at radius 1 is 1.12 bits per heavy atom. The first-order valence-electron chi connectivity index (χ1n) is 10.5. The molecule has 33 heavy (non-hydrogen) atoms. The van der Waals surface area contributed by atoms with Gasteiger partial charge in [0, 0.05) is 10.9 Å². The first-order valence-corrected chi connectivity index (χ1v) is 11.5. The van der Waals surface area contributed by atoms with E-state index in [4.69, 9.17) is 9.40 Å². The Morgan fingerprint density at radius 2 is 1.91 bits per heavy atom. The molecule has 0 radical (unpaired) electrons. The highest BCUT2D eigenvalue weighted by Crippen LogP contribution is 2.27. The van der Waals surface area contributed by atoms with Crippen molar-refractivity contribution in [2.75, 3.05) is 5.75 Å². The van der Waals surface area contributed by atoms with E-state index in [1.165, 1.54) is 11.8 Å². The quantitative estimate of drug-likeness (QED) is 0.289. The molecule has 166 valence electrons. The summed E-state index contributed by atoms with van der Waals surface area (Å²) in [5.41, 5.74) is 4.52. The minimum Gasteiger partial charge on any atom is -0.467 e. The highest BCUT2D eigenvalue weighted by atomic mass is 32.2. The van der Waals surface area contributed by atoms with Gasteiger partial charge in [0.05, 0.1) is 24.2 Å². The van der Waals surface area contributed by atoms with Crippen LogP contribution in [0.1, 0.15) is 16.9 Å². The van der Waals surface area contributed by atoms with Gasteiger partial charge in [-0.3, -0.25) is 14.2 Å². The molecule has 0 saturated heterocycles. The molecule has 1 amide bonds. The van der Waals surface area contributed by atoms with Gasteiger partial charge < -0.3 is 14.7 Å². The number of nitrogens with one attached hydrogen (secondary N) is 2. The number of hydrogen-bond donors (Lipinski definition) is 2. The number of carbonyl (C=O) groups is 1. The van der Waals surface area contributed by atoms with Gasteiger partial charge in [0.15, 0.2) is 5.16 Å². The van der Waals surface area contributed by atoms with Crippen LogP contribution in [0.4, 0.5) is 0 Å². The highest BCUT2D eigenvalue weighted by molar-refractivity contribution is 7.99. The minimum atomic E-state index is -0.195. The number of aromatic nitrogens is 3. The van der Waals surface area contributed by atoms with E-state index in [-0.39, 0.29) is 17.2 Å². The molecule has 3 heterocycles. The van der Waals surface area contributed by atoms with E-state index in [2.05, 4.69) is 16.4 Å². The molecule has 2 aromatic carbocycles. The minimum absolute atomic E-state index is 0.117. The molecule has 3 aromatic heterocycles. The Balaban J connectivity index is 1.56. The molecule has 0 fully saturated rings. The number of fused-ring (bicyclic) bond motifs is 3. The van der Waals surface area contributed by atoms with Crippen molar-refractivity contribution in [3.05, 3.63) is 88.1 Å².